The summed E-state index contributed by atoms with van der Waals surface area (Å²) in [6.07, 6.45) is 6.96. The predicted octanol–water partition coefficient (Wildman–Crippen LogP) is 6.42. The van der Waals surface area contributed by atoms with Crippen molar-refractivity contribution in [2.75, 3.05) is 26.2 Å². The monoisotopic (exact) mass is 501 g/mol. The van der Waals surface area contributed by atoms with Gasteiger partial charge in [0, 0.05) is 52.9 Å². The fourth-order valence-electron chi connectivity index (χ4n) is 4.31. The van der Waals surface area contributed by atoms with Crippen molar-refractivity contribution < 1.29 is 9.13 Å². The van der Waals surface area contributed by atoms with Gasteiger partial charge in [-0.1, -0.05) is 25.4 Å². The second kappa shape index (κ2) is 10.5. The van der Waals surface area contributed by atoms with Crippen molar-refractivity contribution in [3.63, 3.8) is 0 Å². The summed E-state index contributed by atoms with van der Waals surface area (Å²) < 4.78 is 20.8. The molecule has 0 saturated heterocycles. The molecule has 0 spiro atoms. The molecular weight excluding hydrogens is 477 g/mol. The molecule has 0 unspecified atom stereocenters. The van der Waals surface area contributed by atoms with Crippen LogP contribution in [-0.2, 0) is 0 Å². The number of halogens is 2. The van der Waals surface area contributed by atoms with Crippen LogP contribution in [0.4, 0.5) is 4.39 Å². The summed E-state index contributed by atoms with van der Waals surface area (Å²) in [7, 11) is 0. The van der Waals surface area contributed by atoms with Crippen molar-refractivity contribution in [2.45, 2.75) is 13.8 Å². The molecule has 1 aromatic carbocycles. The summed E-state index contributed by atoms with van der Waals surface area (Å²) in [6, 6.07) is 12.0. The first-order valence-electron chi connectivity index (χ1n) is 11.9. The van der Waals surface area contributed by atoms with Crippen LogP contribution in [0.2, 0.25) is 5.02 Å². The van der Waals surface area contributed by atoms with Gasteiger partial charge in [-0.2, -0.15) is 0 Å². The molecule has 0 atom stereocenters. The molecule has 5 aromatic rings. The van der Waals surface area contributed by atoms with Crippen LogP contribution in [0, 0.1) is 5.82 Å². The fraction of sp³-hybridized carbons (Fsp3) is 0.214. The van der Waals surface area contributed by atoms with Crippen LogP contribution < -0.4 is 4.74 Å². The van der Waals surface area contributed by atoms with Gasteiger partial charge in [0.05, 0.1) is 11.1 Å². The Balaban J connectivity index is 1.64. The first kappa shape index (κ1) is 24.0. The first-order valence-corrected chi connectivity index (χ1v) is 12.3. The Hall–Kier alpha value is -3.68. The molecule has 4 heterocycles. The van der Waals surface area contributed by atoms with E-state index in [1.165, 1.54) is 12.1 Å². The van der Waals surface area contributed by atoms with E-state index in [0.717, 1.165) is 46.9 Å². The highest BCUT2D eigenvalue weighted by molar-refractivity contribution is 6.30. The molecule has 0 aliphatic carbocycles. The van der Waals surface area contributed by atoms with E-state index in [0.29, 0.717) is 34.4 Å². The number of hydrogen-bond acceptors (Lipinski definition) is 6. The molecule has 36 heavy (non-hydrogen) atoms. The minimum atomic E-state index is -0.405. The van der Waals surface area contributed by atoms with Crippen molar-refractivity contribution in [2.24, 2.45) is 0 Å². The lowest BCUT2D eigenvalue weighted by molar-refractivity contribution is 0.219. The molecule has 4 aromatic heterocycles. The summed E-state index contributed by atoms with van der Waals surface area (Å²) in [6.45, 7) is 7.53. The minimum absolute atomic E-state index is 0.312. The summed E-state index contributed by atoms with van der Waals surface area (Å²) in [5, 5.41) is 2.99. The molecule has 0 N–H and O–H groups in total. The maximum absolute atomic E-state index is 14.8. The Bertz CT molecular complexity index is 1540. The molecule has 8 heteroatoms. The van der Waals surface area contributed by atoms with E-state index in [2.05, 4.69) is 38.7 Å². The van der Waals surface area contributed by atoms with Crippen LogP contribution in [0.15, 0.2) is 67.3 Å². The Morgan fingerprint density at radius 3 is 2.58 bits per heavy atom. The van der Waals surface area contributed by atoms with Gasteiger partial charge in [0.1, 0.15) is 12.4 Å². The van der Waals surface area contributed by atoms with Crippen LogP contribution in [0.5, 0.6) is 5.88 Å². The van der Waals surface area contributed by atoms with Gasteiger partial charge in [0.25, 0.3) is 0 Å². The van der Waals surface area contributed by atoms with Gasteiger partial charge in [-0.15, -0.1) is 0 Å². The van der Waals surface area contributed by atoms with Crippen molar-refractivity contribution in [1.82, 2.24) is 24.8 Å². The molecule has 5 rings (SSSR count). The number of fused-ring (bicyclic) bond motifs is 2. The molecule has 0 saturated carbocycles. The van der Waals surface area contributed by atoms with E-state index < -0.39 is 5.82 Å². The van der Waals surface area contributed by atoms with E-state index in [-0.39, 0.29) is 0 Å². The lowest BCUT2D eigenvalue weighted by Crippen LogP contribution is -2.28. The number of hydrogen-bond donors (Lipinski definition) is 0. The SMILES string of the molecule is CCN(CC)CCOc1ncc(-c2cc(-c3cc(Cl)ccc3F)nc3ncccc23)c2ccncc12. The van der Waals surface area contributed by atoms with Gasteiger partial charge in [-0.05, 0) is 66.5 Å². The maximum atomic E-state index is 14.8. The van der Waals surface area contributed by atoms with Gasteiger partial charge < -0.3 is 9.64 Å². The molecule has 0 bridgehead atoms. The van der Waals surface area contributed by atoms with Crippen LogP contribution in [0.25, 0.3) is 44.2 Å². The normalized spacial score (nSPS) is 11.5. The lowest BCUT2D eigenvalue weighted by atomic mass is 9.97. The van der Waals surface area contributed by atoms with Crippen LogP contribution in [-0.4, -0.2) is 51.1 Å². The standard InChI is InChI=1S/C28H25ClFN5O/c1-3-35(4-2)12-13-36-28-24-16-31-11-9-19(24)23(17-33-28)21-15-26(22-14-18(29)7-8-25(22)30)34-27-20(21)6-5-10-32-27/h5-11,14-17H,3-4,12-13H2,1-2H3. The number of nitrogens with zero attached hydrogens (tertiary/aromatic N) is 5. The highest BCUT2D eigenvalue weighted by Crippen LogP contribution is 2.37. The third-order valence-electron chi connectivity index (χ3n) is 6.27. The predicted molar refractivity (Wildman–Crippen MR) is 142 cm³/mol. The van der Waals surface area contributed by atoms with Gasteiger partial charge in [0.2, 0.25) is 5.88 Å². The number of likely N-dealkylation sites (N-methyl/N-ethyl adjacent to an activating group) is 1. The Morgan fingerprint density at radius 2 is 1.75 bits per heavy atom. The Morgan fingerprint density at radius 1 is 0.889 bits per heavy atom. The zero-order valence-corrected chi connectivity index (χ0v) is 20.8. The smallest absolute Gasteiger partial charge is 0.222 e. The summed E-state index contributed by atoms with van der Waals surface area (Å²) >= 11 is 6.17. The fourth-order valence-corrected chi connectivity index (χ4v) is 4.49. The summed E-state index contributed by atoms with van der Waals surface area (Å²) in [5.74, 6) is 0.129. The van der Waals surface area contributed by atoms with Gasteiger partial charge in [0.15, 0.2) is 5.65 Å². The molecule has 0 amide bonds. The number of ether oxygens (including phenoxy) is 1. The number of aromatic nitrogens is 4. The topological polar surface area (TPSA) is 64.0 Å². The molecule has 0 radical (unpaired) electrons. The average Bonchev–Trinajstić information content (AvgIpc) is 2.92. The van der Waals surface area contributed by atoms with Gasteiger partial charge >= 0.3 is 0 Å². The van der Waals surface area contributed by atoms with Gasteiger partial charge in [-0.25, -0.2) is 19.3 Å². The number of rotatable bonds is 8. The second-order valence-corrected chi connectivity index (χ2v) is 8.76. The van der Waals surface area contributed by atoms with Crippen molar-refractivity contribution in [3.05, 3.63) is 78.1 Å². The average molecular weight is 502 g/mol. The van der Waals surface area contributed by atoms with Crippen molar-refractivity contribution >= 4 is 33.4 Å². The molecule has 0 fully saturated rings. The van der Waals surface area contributed by atoms with E-state index in [1.54, 1.807) is 30.9 Å². The molecule has 182 valence electrons. The Labute approximate surface area is 213 Å². The third kappa shape index (κ3) is 4.72. The van der Waals surface area contributed by atoms with Crippen molar-refractivity contribution in [1.29, 1.82) is 0 Å². The minimum Gasteiger partial charge on any atom is -0.476 e. The number of benzene rings is 1. The second-order valence-electron chi connectivity index (χ2n) is 8.33. The number of pyridine rings is 4. The third-order valence-corrected chi connectivity index (χ3v) is 6.51. The van der Waals surface area contributed by atoms with E-state index in [4.69, 9.17) is 16.3 Å². The van der Waals surface area contributed by atoms with E-state index in [1.807, 2.05) is 24.3 Å². The van der Waals surface area contributed by atoms with E-state index >= 15 is 0 Å². The van der Waals surface area contributed by atoms with Crippen LogP contribution in [0.1, 0.15) is 13.8 Å². The lowest BCUT2D eigenvalue weighted by Gasteiger charge is -2.18. The Kier molecular flexibility index (Phi) is 7.02. The zero-order chi connectivity index (χ0) is 25.1. The van der Waals surface area contributed by atoms with E-state index in [9.17, 15) is 4.39 Å². The molecule has 0 aliphatic rings. The zero-order valence-electron chi connectivity index (χ0n) is 20.1. The molecule has 6 nitrogen and oxygen atoms in total. The van der Waals surface area contributed by atoms with Gasteiger partial charge in [-0.3, -0.25) is 4.98 Å². The molecule has 0 aliphatic heterocycles. The molecular formula is C28H25ClFN5O. The quantitative estimate of drug-likeness (QED) is 0.244. The summed E-state index contributed by atoms with van der Waals surface area (Å²) in [5.41, 5.74) is 2.95. The highest BCUT2D eigenvalue weighted by atomic mass is 35.5. The largest absolute Gasteiger partial charge is 0.476 e. The summed E-state index contributed by atoms with van der Waals surface area (Å²) in [4.78, 5) is 20.3. The highest BCUT2D eigenvalue weighted by Gasteiger charge is 2.17. The first-order chi connectivity index (χ1) is 17.6. The van der Waals surface area contributed by atoms with Crippen molar-refractivity contribution in [3.8, 4) is 28.3 Å². The maximum Gasteiger partial charge on any atom is 0.222 e. The van der Waals surface area contributed by atoms with Crippen LogP contribution >= 0.6 is 11.6 Å². The van der Waals surface area contributed by atoms with Crippen LogP contribution in [0.3, 0.4) is 0 Å².